The summed E-state index contributed by atoms with van der Waals surface area (Å²) in [5.74, 6) is -3.77. The molecule has 0 amide bonds. The minimum absolute atomic E-state index is 0.0692. The quantitative estimate of drug-likeness (QED) is 0.731. The van der Waals surface area contributed by atoms with Crippen molar-refractivity contribution in [2.45, 2.75) is 43.6 Å². The van der Waals surface area contributed by atoms with Crippen LogP contribution in [0.5, 0.6) is 0 Å². The van der Waals surface area contributed by atoms with E-state index in [2.05, 4.69) is 5.16 Å². The van der Waals surface area contributed by atoms with Crippen molar-refractivity contribution < 1.29 is 23.5 Å². The second-order valence-electron chi connectivity index (χ2n) is 4.15. The highest BCUT2D eigenvalue weighted by molar-refractivity contribution is 6.36. The van der Waals surface area contributed by atoms with Gasteiger partial charge in [0, 0.05) is 19.3 Å². The van der Waals surface area contributed by atoms with Gasteiger partial charge in [-0.25, -0.2) is 13.6 Å². The normalized spacial score (nSPS) is 27.2. The molecule has 4 nitrogen and oxygen atoms in total. The number of carboxylic acids is 1. The standard InChI is InChI=1S/C9H11F2NO3/c10-9(11)3-1-8(2-4-9)5-6(7(13)14)12-15-8/h1-5H2,(H,13,14). The molecule has 1 aliphatic carbocycles. The van der Waals surface area contributed by atoms with Crippen LogP contribution in [-0.2, 0) is 9.63 Å². The predicted molar refractivity (Wildman–Crippen MR) is 46.9 cm³/mol. The van der Waals surface area contributed by atoms with Crippen molar-refractivity contribution in [2.24, 2.45) is 5.16 Å². The van der Waals surface area contributed by atoms with Gasteiger partial charge in [-0.3, -0.25) is 0 Å². The smallest absolute Gasteiger partial charge is 0.353 e. The molecule has 1 aliphatic heterocycles. The van der Waals surface area contributed by atoms with Crippen molar-refractivity contribution >= 4 is 11.7 Å². The Balaban J connectivity index is 2.00. The molecule has 1 saturated carbocycles. The highest BCUT2D eigenvalue weighted by atomic mass is 19.3. The SMILES string of the molecule is O=C(O)C1=NOC2(CCC(F)(F)CC2)C1. The summed E-state index contributed by atoms with van der Waals surface area (Å²) in [5.41, 5.74) is -0.852. The maximum Gasteiger partial charge on any atom is 0.353 e. The van der Waals surface area contributed by atoms with Gasteiger partial charge in [0.2, 0.25) is 5.92 Å². The van der Waals surface area contributed by atoms with Gasteiger partial charge in [-0.15, -0.1) is 0 Å². The molecule has 0 saturated heterocycles. The van der Waals surface area contributed by atoms with Crippen LogP contribution in [0.3, 0.4) is 0 Å². The minimum atomic E-state index is -2.64. The maximum atomic E-state index is 12.9. The van der Waals surface area contributed by atoms with Crippen molar-refractivity contribution in [3.8, 4) is 0 Å². The summed E-state index contributed by atoms with van der Waals surface area (Å²) >= 11 is 0. The molecule has 0 bridgehead atoms. The number of rotatable bonds is 1. The van der Waals surface area contributed by atoms with Gasteiger partial charge in [-0.1, -0.05) is 5.16 Å². The van der Waals surface area contributed by atoms with Crippen LogP contribution in [0.4, 0.5) is 8.78 Å². The first-order valence-electron chi connectivity index (χ1n) is 4.79. The Morgan fingerprint density at radius 3 is 2.40 bits per heavy atom. The molecule has 1 heterocycles. The number of halogens is 2. The molecule has 84 valence electrons. The number of oxime groups is 1. The minimum Gasteiger partial charge on any atom is -0.477 e. The van der Waals surface area contributed by atoms with Crippen LogP contribution < -0.4 is 0 Å². The van der Waals surface area contributed by atoms with Crippen molar-refractivity contribution in [2.75, 3.05) is 0 Å². The van der Waals surface area contributed by atoms with Gasteiger partial charge < -0.3 is 9.94 Å². The lowest BCUT2D eigenvalue weighted by molar-refractivity contribution is -0.129. The molecule has 0 aromatic rings. The summed E-state index contributed by atoms with van der Waals surface area (Å²) in [6, 6.07) is 0. The first-order chi connectivity index (χ1) is 6.93. The third-order valence-corrected chi connectivity index (χ3v) is 2.98. The average Bonchev–Trinajstić information content (AvgIpc) is 2.56. The van der Waals surface area contributed by atoms with E-state index in [-0.39, 0.29) is 37.8 Å². The van der Waals surface area contributed by atoms with E-state index in [1.54, 1.807) is 0 Å². The molecule has 0 unspecified atom stereocenters. The summed E-state index contributed by atoms with van der Waals surface area (Å²) in [6.07, 6.45) is -0.0379. The van der Waals surface area contributed by atoms with Crippen LogP contribution in [0.2, 0.25) is 0 Å². The molecule has 0 radical (unpaired) electrons. The summed E-state index contributed by atoms with van der Waals surface area (Å²) < 4.78 is 25.8. The average molecular weight is 219 g/mol. The summed E-state index contributed by atoms with van der Waals surface area (Å²) in [7, 11) is 0. The van der Waals surface area contributed by atoms with E-state index in [1.807, 2.05) is 0 Å². The van der Waals surface area contributed by atoms with Gasteiger partial charge in [0.1, 0.15) is 5.60 Å². The zero-order chi connectivity index (χ0) is 11.1. The van der Waals surface area contributed by atoms with Crippen molar-refractivity contribution in [1.29, 1.82) is 0 Å². The molecule has 1 N–H and O–H groups in total. The lowest BCUT2D eigenvalue weighted by Crippen LogP contribution is -2.39. The monoisotopic (exact) mass is 219 g/mol. The fourth-order valence-corrected chi connectivity index (χ4v) is 1.98. The molecular formula is C9H11F2NO3. The second kappa shape index (κ2) is 3.15. The Kier molecular flexibility index (Phi) is 2.17. The lowest BCUT2D eigenvalue weighted by Gasteiger charge is -2.34. The number of aliphatic carboxylic acids is 1. The van der Waals surface area contributed by atoms with E-state index in [9.17, 15) is 13.6 Å². The van der Waals surface area contributed by atoms with Crippen LogP contribution >= 0.6 is 0 Å². The molecule has 15 heavy (non-hydrogen) atoms. The molecule has 2 rings (SSSR count). The maximum absolute atomic E-state index is 12.9. The number of carbonyl (C=O) groups is 1. The third kappa shape index (κ3) is 1.93. The van der Waals surface area contributed by atoms with Gasteiger partial charge in [0.25, 0.3) is 0 Å². The summed E-state index contributed by atoms with van der Waals surface area (Å²) in [6.45, 7) is 0. The Morgan fingerprint density at radius 1 is 1.33 bits per heavy atom. The third-order valence-electron chi connectivity index (χ3n) is 2.98. The Morgan fingerprint density at radius 2 is 1.93 bits per heavy atom. The second-order valence-corrected chi connectivity index (χ2v) is 4.15. The van der Waals surface area contributed by atoms with Crippen molar-refractivity contribution in [1.82, 2.24) is 0 Å². The Labute approximate surface area is 84.9 Å². The van der Waals surface area contributed by atoms with Crippen molar-refractivity contribution in [3.63, 3.8) is 0 Å². The van der Waals surface area contributed by atoms with E-state index in [4.69, 9.17) is 9.94 Å². The number of alkyl halides is 2. The Bertz CT molecular complexity index is 317. The van der Waals surface area contributed by atoms with Crippen LogP contribution in [0.1, 0.15) is 32.1 Å². The van der Waals surface area contributed by atoms with Crippen LogP contribution in [0, 0.1) is 0 Å². The highest BCUT2D eigenvalue weighted by Gasteiger charge is 2.49. The van der Waals surface area contributed by atoms with E-state index >= 15 is 0 Å². The van der Waals surface area contributed by atoms with Gasteiger partial charge in [0.15, 0.2) is 5.71 Å². The molecule has 6 heteroatoms. The molecular weight excluding hydrogens is 208 g/mol. The van der Waals surface area contributed by atoms with E-state index in [0.29, 0.717) is 0 Å². The first kappa shape index (κ1) is 10.3. The molecule has 0 aromatic heterocycles. The van der Waals surface area contributed by atoms with E-state index in [1.165, 1.54) is 0 Å². The summed E-state index contributed by atoms with van der Waals surface area (Å²) in [4.78, 5) is 15.6. The number of hydrogen-bond acceptors (Lipinski definition) is 3. The topological polar surface area (TPSA) is 58.9 Å². The number of nitrogens with zero attached hydrogens (tertiary/aromatic N) is 1. The van der Waals surface area contributed by atoms with E-state index in [0.717, 1.165) is 0 Å². The lowest BCUT2D eigenvalue weighted by atomic mass is 9.80. The molecule has 0 atom stereocenters. The fraction of sp³-hybridized carbons (Fsp3) is 0.778. The molecule has 0 aromatic carbocycles. The van der Waals surface area contributed by atoms with Crippen LogP contribution in [0.15, 0.2) is 5.16 Å². The van der Waals surface area contributed by atoms with Crippen molar-refractivity contribution in [3.05, 3.63) is 0 Å². The molecule has 2 aliphatic rings. The van der Waals surface area contributed by atoms with Crippen LogP contribution in [0.25, 0.3) is 0 Å². The van der Waals surface area contributed by atoms with Crippen LogP contribution in [-0.4, -0.2) is 28.3 Å². The van der Waals surface area contributed by atoms with Gasteiger partial charge in [0.05, 0.1) is 0 Å². The van der Waals surface area contributed by atoms with Gasteiger partial charge >= 0.3 is 5.97 Å². The fourth-order valence-electron chi connectivity index (χ4n) is 1.98. The first-order valence-corrected chi connectivity index (χ1v) is 4.79. The zero-order valence-corrected chi connectivity index (χ0v) is 8.00. The highest BCUT2D eigenvalue weighted by Crippen LogP contribution is 2.44. The predicted octanol–water partition coefficient (Wildman–Crippen LogP) is 1.80. The van der Waals surface area contributed by atoms with Gasteiger partial charge in [-0.05, 0) is 12.8 Å². The largest absolute Gasteiger partial charge is 0.477 e. The molecule has 1 spiro atoms. The number of hydrogen-bond donors (Lipinski definition) is 1. The van der Waals surface area contributed by atoms with E-state index < -0.39 is 17.5 Å². The zero-order valence-electron chi connectivity index (χ0n) is 8.00. The number of carboxylic acid groups (broad SMARTS) is 1. The Hall–Kier alpha value is -1.20. The summed E-state index contributed by atoms with van der Waals surface area (Å²) in [5, 5.41) is 12.1. The molecule has 1 fully saturated rings. The van der Waals surface area contributed by atoms with Gasteiger partial charge in [-0.2, -0.15) is 0 Å².